The van der Waals surface area contributed by atoms with Crippen LogP contribution >= 0.6 is 11.3 Å². The monoisotopic (exact) mass is 282 g/mol. The Hall–Kier alpha value is -2.40. The fourth-order valence-electron chi connectivity index (χ4n) is 1.92. The van der Waals surface area contributed by atoms with Gasteiger partial charge in [-0.25, -0.2) is 4.98 Å². The normalized spacial score (nSPS) is 10.4. The van der Waals surface area contributed by atoms with Gasteiger partial charge in [0.15, 0.2) is 5.13 Å². The zero-order valence-corrected chi connectivity index (χ0v) is 11.8. The predicted molar refractivity (Wildman–Crippen MR) is 84.2 cm³/mol. The number of aryl methyl sites for hydroxylation is 1. The number of hydrogen-bond acceptors (Lipinski definition) is 5. The van der Waals surface area contributed by atoms with E-state index in [4.69, 9.17) is 5.73 Å². The Morgan fingerprint density at radius 3 is 2.90 bits per heavy atom. The standard InChI is InChI=1S/C15H14N4S/c1-10-7-12(16)4-5-13(10)18-15-19-14(9-20-15)11-3-2-6-17-8-11/h2-9H,16H2,1H3,(H,18,19). The molecule has 0 aliphatic rings. The summed E-state index contributed by atoms with van der Waals surface area (Å²) < 4.78 is 0. The molecule has 3 N–H and O–H groups in total. The molecule has 0 atom stereocenters. The molecule has 0 amide bonds. The van der Waals surface area contributed by atoms with Gasteiger partial charge in [0.05, 0.1) is 5.69 Å². The first-order valence-electron chi connectivity index (χ1n) is 6.21. The minimum absolute atomic E-state index is 0.767. The highest BCUT2D eigenvalue weighted by Crippen LogP contribution is 2.28. The van der Waals surface area contributed by atoms with Crippen LogP contribution in [0.3, 0.4) is 0 Å². The number of nitrogens with two attached hydrogens (primary N) is 1. The minimum atomic E-state index is 0.767. The van der Waals surface area contributed by atoms with E-state index in [0.717, 1.165) is 33.3 Å². The van der Waals surface area contributed by atoms with Gasteiger partial charge in [-0.05, 0) is 42.8 Å². The zero-order chi connectivity index (χ0) is 13.9. The molecular weight excluding hydrogens is 268 g/mol. The van der Waals surface area contributed by atoms with Crippen LogP contribution in [0, 0.1) is 6.92 Å². The lowest BCUT2D eigenvalue weighted by atomic mass is 10.2. The van der Waals surface area contributed by atoms with E-state index in [1.807, 2.05) is 48.8 Å². The van der Waals surface area contributed by atoms with Gasteiger partial charge in [0, 0.05) is 34.7 Å². The van der Waals surface area contributed by atoms with E-state index in [1.165, 1.54) is 0 Å². The summed E-state index contributed by atoms with van der Waals surface area (Å²) in [6.07, 6.45) is 3.57. The molecule has 100 valence electrons. The van der Waals surface area contributed by atoms with Crippen molar-refractivity contribution in [3.8, 4) is 11.3 Å². The topological polar surface area (TPSA) is 63.8 Å². The summed E-state index contributed by atoms with van der Waals surface area (Å²) in [5, 5.41) is 6.20. The molecule has 3 aromatic rings. The van der Waals surface area contributed by atoms with Gasteiger partial charge in [-0.2, -0.15) is 0 Å². The van der Waals surface area contributed by atoms with Gasteiger partial charge in [0.2, 0.25) is 0 Å². The molecule has 5 heteroatoms. The lowest BCUT2D eigenvalue weighted by molar-refractivity contribution is 1.30. The number of nitrogen functional groups attached to an aromatic ring is 1. The number of rotatable bonds is 3. The van der Waals surface area contributed by atoms with Crippen LogP contribution in [0.1, 0.15) is 5.56 Å². The summed E-state index contributed by atoms with van der Waals surface area (Å²) in [5.41, 5.74) is 10.6. The van der Waals surface area contributed by atoms with Gasteiger partial charge < -0.3 is 11.1 Å². The second-order valence-electron chi connectivity index (χ2n) is 4.48. The fraction of sp³-hybridized carbons (Fsp3) is 0.0667. The third kappa shape index (κ3) is 2.62. The molecule has 0 bridgehead atoms. The van der Waals surface area contributed by atoms with Crippen LogP contribution in [-0.2, 0) is 0 Å². The predicted octanol–water partition coefficient (Wildman–Crippen LogP) is 3.84. The lowest BCUT2D eigenvalue weighted by Gasteiger charge is -2.07. The summed E-state index contributed by atoms with van der Waals surface area (Å²) >= 11 is 1.57. The Labute approximate surface area is 121 Å². The van der Waals surface area contributed by atoms with Crippen LogP contribution in [0.5, 0.6) is 0 Å². The second-order valence-corrected chi connectivity index (χ2v) is 5.34. The molecule has 0 aliphatic carbocycles. The molecule has 1 aromatic carbocycles. The molecule has 0 radical (unpaired) electrons. The number of anilines is 3. The van der Waals surface area contributed by atoms with E-state index >= 15 is 0 Å². The average Bonchev–Trinajstić information content (AvgIpc) is 2.92. The largest absolute Gasteiger partial charge is 0.399 e. The maximum Gasteiger partial charge on any atom is 0.187 e. The number of thiazole rings is 1. The van der Waals surface area contributed by atoms with Crippen LogP contribution in [0.25, 0.3) is 11.3 Å². The molecule has 0 spiro atoms. The van der Waals surface area contributed by atoms with Crippen molar-refractivity contribution < 1.29 is 0 Å². The van der Waals surface area contributed by atoms with Crippen LogP contribution in [0.15, 0.2) is 48.1 Å². The quantitative estimate of drug-likeness (QED) is 0.716. The van der Waals surface area contributed by atoms with Crippen LogP contribution in [0.2, 0.25) is 0 Å². The van der Waals surface area contributed by atoms with Crippen molar-refractivity contribution in [1.29, 1.82) is 0 Å². The summed E-state index contributed by atoms with van der Waals surface area (Å²) in [7, 11) is 0. The molecule has 0 aliphatic heterocycles. The Bertz CT molecular complexity index is 722. The van der Waals surface area contributed by atoms with Gasteiger partial charge in [0.25, 0.3) is 0 Å². The highest BCUT2D eigenvalue weighted by molar-refractivity contribution is 7.14. The first-order chi connectivity index (χ1) is 9.72. The zero-order valence-electron chi connectivity index (χ0n) is 11.0. The van der Waals surface area contributed by atoms with Crippen LogP contribution < -0.4 is 11.1 Å². The van der Waals surface area contributed by atoms with E-state index in [-0.39, 0.29) is 0 Å². The lowest BCUT2D eigenvalue weighted by Crippen LogP contribution is -1.94. The molecule has 0 fully saturated rings. The Balaban J connectivity index is 1.84. The third-order valence-corrected chi connectivity index (χ3v) is 3.71. The highest BCUT2D eigenvalue weighted by Gasteiger charge is 2.06. The van der Waals surface area contributed by atoms with E-state index in [2.05, 4.69) is 15.3 Å². The summed E-state index contributed by atoms with van der Waals surface area (Å²) in [4.78, 5) is 8.68. The molecule has 4 nitrogen and oxygen atoms in total. The van der Waals surface area contributed by atoms with Gasteiger partial charge >= 0.3 is 0 Å². The van der Waals surface area contributed by atoms with Crippen LogP contribution in [-0.4, -0.2) is 9.97 Å². The number of nitrogens with zero attached hydrogens (tertiary/aromatic N) is 2. The number of nitrogens with one attached hydrogen (secondary N) is 1. The van der Waals surface area contributed by atoms with E-state index in [1.54, 1.807) is 17.5 Å². The number of hydrogen-bond donors (Lipinski definition) is 2. The fourth-order valence-corrected chi connectivity index (χ4v) is 2.65. The second kappa shape index (κ2) is 5.30. The maximum atomic E-state index is 5.75. The van der Waals surface area contributed by atoms with Crippen molar-refractivity contribution in [2.75, 3.05) is 11.1 Å². The van der Waals surface area contributed by atoms with E-state index < -0.39 is 0 Å². The Kier molecular flexibility index (Phi) is 3.35. The van der Waals surface area contributed by atoms with Crippen molar-refractivity contribution in [1.82, 2.24) is 9.97 Å². The highest BCUT2D eigenvalue weighted by atomic mass is 32.1. The van der Waals surface area contributed by atoms with Crippen molar-refractivity contribution in [3.05, 3.63) is 53.7 Å². The summed E-state index contributed by atoms with van der Waals surface area (Å²) in [6.45, 7) is 2.02. The summed E-state index contributed by atoms with van der Waals surface area (Å²) in [5.74, 6) is 0. The number of benzene rings is 1. The molecule has 0 unspecified atom stereocenters. The number of aromatic nitrogens is 2. The van der Waals surface area contributed by atoms with Crippen LogP contribution in [0.4, 0.5) is 16.5 Å². The molecule has 3 rings (SSSR count). The average molecular weight is 282 g/mol. The van der Waals surface area contributed by atoms with Crippen molar-refractivity contribution in [2.24, 2.45) is 0 Å². The van der Waals surface area contributed by atoms with Gasteiger partial charge in [0.1, 0.15) is 0 Å². The first kappa shape index (κ1) is 12.6. The third-order valence-electron chi connectivity index (χ3n) is 2.95. The first-order valence-corrected chi connectivity index (χ1v) is 7.09. The minimum Gasteiger partial charge on any atom is -0.399 e. The van der Waals surface area contributed by atoms with Gasteiger partial charge in [-0.3, -0.25) is 4.98 Å². The van der Waals surface area contributed by atoms with Crippen molar-refractivity contribution in [3.63, 3.8) is 0 Å². The SMILES string of the molecule is Cc1cc(N)ccc1Nc1nc(-c2cccnc2)cs1. The van der Waals surface area contributed by atoms with E-state index in [9.17, 15) is 0 Å². The Morgan fingerprint density at radius 2 is 2.15 bits per heavy atom. The van der Waals surface area contributed by atoms with E-state index in [0.29, 0.717) is 0 Å². The maximum absolute atomic E-state index is 5.75. The molecule has 20 heavy (non-hydrogen) atoms. The Morgan fingerprint density at radius 1 is 1.25 bits per heavy atom. The molecule has 2 heterocycles. The van der Waals surface area contributed by atoms with Crippen molar-refractivity contribution >= 4 is 27.8 Å². The summed E-state index contributed by atoms with van der Waals surface area (Å²) in [6, 6.07) is 9.70. The molecule has 0 saturated carbocycles. The van der Waals surface area contributed by atoms with Gasteiger partial charge in [-0.15, -0.1) is 11.3 Å². The molecule has 0 saturated heterocycles. The van der Waals surface area contributed by atoms with Gasteiger partial charge in [-0.1, -0.05) is 0 Å². The molecular formula is C15H14N4S. The molecule has 2 aromatic heterocycles. The van der Waals surface area contributed by atoms with Crippen molar-refractivity contribution in [2.45, 2.75) is 6.92 Å². The smallest absolute Gasteiger partial charge is 0.187 e. The number of pyridine rings is 1.